The molecule has 0 amide bonds. The van der Waals surface area contributed by atoms with E-state index in [1.807, 2.05) is 26.8 Å². The van der Waals surface area contributed by atoms with Crippen molar-refractivity contribution in [1.29, 1.82) is 0 Å². The summed E-state index contributed by atoms with van der Waals surface area (Å²) >= 11 is 0. The summed E-state index contributed by atoms with van der Waals surface area (Å²) in [5.41, 5.74) is 2.66. The van der Waals surface area contributed by atoms with E-state index in [0.29, 0.717) is 17.4 Å². The molecule has 2 fully saturated rings. The molecule has 2 saturated heterocycles. The summed E-state index contributed by atoms with van der Waals surface area (Å²) in [7, 11) is 0.802. The van der Waals surface area contributed by atoms with Gasteiger partial charge in [0.05, 0.1) is 18.4 Å². The first-order chi connectivity index (χ1) is 13.3. The Morgan fingerprint density at radius 2 is 2.04 bits per heavy atom. The molecule has 2 aliphatic heterocycles. The predicted molar refractivity (Wildman–Crippen MR) is 110 cm³/mol. The zero-order valence-corrected chi connectivity index (χ0v) is 17.5. The third kappa shape index (κ3) is 3.91. The Labute approximate surface area is 167 Å². The van der Waals surface area contributed by atoms with Gasteiger partial charge >= 0.3 is 13.1 Å². The van der Waals surface area contributed by atoms with Gasteiger partial charge in [-0.2, -0.15) is 0 Å². The number of carbonyl (C=O) groups is 1. The van der Waals surface area contributed by atoms with Crippen molar-refractivity contribution in [2.75, 3.05) is 31.8 Å². The largest absolute Gasteiger partial charge is 0.563 e. The fourth-order valence-corrected chi connectivity index (χ4v) is 3.86. The van der Waals surface area contributed by atoms with Gasteiger partial charge in [-0.1, -0.05) is 6.58 Å². The third-order valence-corrected chi connectivity index (χ3v) is 5.68. The molecule has 2 heterocycles. The first-order valence-corrected chi connectivity index (χ1v) is 9.89. The Morgan fingerprint density at radius 3 is 2.57 bits per heavy atom. The average molecular weight is 387 g/mol. The van der Waals surface area contributed by atoms with Crippen molar-refractivity contribution in [3.8, 4) is 0 Å². The summed E-state index contributed by atoms with van der Waals surface area (Å²) in [6.07, 6.45) is 1.93. The van der Waals surface area contributed by atoms with Crippen molar-refractivity contribution < 1.29 is 23.6 Å². The molecule has 152 valence electrons. The fraction of sp³-hybridized carbons (Fsp3) is 0.571. The standard InChI is InChI=1S/C21H30BNO5/c1-7-23(17-8-10-26-11-9-17)19-13-16(12-18(14(19)2)20(24)25-6)22-27-15(3)21(4,5)28-22/h12-13,17H,3,7-11H2,1-2,4-6H3. The first kappa shape index (κ1) is 20.7. The lowest BCUT2D eigenvalue weighted by Gasteiger charge is -2.37. The zero-order chi connectivity index (χ0) is 20.5. The summed E-state index contributed by atoms with van der Waals surface area (Å²) < 4.78 is 22.5. The van der Waals surface area contributed by atoms with E-state index < -0.39 is 12.7 Å². The van der Waals surface area contributed by atoms with E-state index in [1.165, 1.54) is 7.11 Å². The molecule has 3 rings (SSSR count). The molecule has 0 bridgehead atoms. The Hall–Kier alpha value is -1.99. The monoisotopic (exact) mass is 387 g/mol. The van der Waals surface area contributed by atoms with E-state index in [4.69, 9.17) is 18.8 Å². The SMILES string of the molecule is C=C1OB(c2cc(C(=O)OC)c(C)c(N(CC)C3CCOCC3)c2)OC1(C)C. The second-order valence-corrected chi connectivity index (χ2v) is 7.83. The van der Waals surface area contributed by atoms with Gasteiger partial charge in [0, 0.05) is 31.5 Å². The molecular formula is C21H30BNO5. The molecule has 7 heteroatoms. The van der Waals surface area contributed by atoms with Crippen LogP contribution in [0.2, 0.25) is 0 Å². The van der Waals surface area contributed by atoms with Crippen LogP contribution in [-0.2, 0) is 18.8 Å². The summed E-state index contributed by atoms with van der Waals surface area (Å²) in [5.74, 6) is 0.218. The van der Waals surface area contributed by atoms with Crippen LogP contribution >= 0.6 is 0 Å². The molecule has 28 heavy (non-hydrogen) atoms. The first-order valence-electron chi connectivity index (χ1n) is 9.89. The van der Waals surface area contributed by atoms with Crippen LogP contribution in [0.1, 0.15) is 49.5 Å². The van der Waals surface area contributed by atoms with Gasteiger partial charge in [0.1, 0.15) is 5.60 Å². The zero-order valence-electron chi connectivity index (χ0n) is 17.5. The highest BCUT2D eigenvalue weighted by molar-refractivity contribution is 6.62. The van der Waals surface area contributed by atoms with Crippen LogP contribution in [0, 0.1) is 6.92 Å². The number of nitrogens with zero attached hydrogens (tertiary/aromatic N) is 1. The molecule has 1 aromatic carbocycles. The number of hydrogen-bond acceptors (Lipinski definition) is 6. The van der Waals surface area contributed by atoms with Gasteiger partial charge in [-0.3, -0.25) is 0 Å². The maximum atomic E-state index is 12.5. The maximum absolute atomic E-state index is 12.5. The van der Waals surface area contributed by atoms with Crippen LogP contribution in [0.15, 0.2) is 24.5 Å². The second kappa shape index (κ2) is 8.17. The second-order valence-electron chi connectivity index (χ2n) is 7.83. The molecule has 0 spiro atoms. The van der Waals surface area contributed by atoms with Gasteiger partial charge in [0.15, 0.2) is 0 Å². The Morgan fingerprint density at radius 1 is 1.36 bits per heavy atom. The lowest BCUT2D eigenvalue weighted by Crippen LogP contribution is -2.42. The average Bonchev–Trinajstić information content (AvgIpc) is 2.96. The van der Waals surface area contributed by atoms with E-state index in [2.05, 4.69) is 24.5 Å². The van der Waals surface area contributed by atoms with Crippen LogP contribution in [0.3, 0.4) is 0 Å². The van der Waals surface area contributed by atoms with Crippen molar-refractivity contribution >= 4 is 24.2 Å². The minimum absolute atomic E-state index is 0.361. The van der Waals surface area contributed by atoms with Crippen LogP contribution in [-0.4, -0.2) is 51.6 Å². The summed E-state index contributed by atoms with van der Waals surface area (Å²) in [6.45, 7) is 14.2. The molecule has 0 N–H and O–H groups in total. The van der Waals surface area contributed by atoms with Crippen molar-refractivity contribution in [2.24, 2.45) is 0 Å². The van der Waals surface area contributed by atoms with Crippen molar-refractivity contribution in [3.63, 3.8) is 0 Å². The maximum Gasteiger partial charge on any atom is 0.563 e. The topological polar surface area (TPSA) is 57.2 Å². The molecule has 0 radical (unpaired) electrons. The highest BCUT2D eigenvalue weighted by Gasteiger charge is 2.43. The van der Waals surface area contributed by atoms with Gasteiger partial charge in [0.25, 0.3) is 0 Å². The number of methoxy groups -OCH3 is 1. The van der Waals surface area contributed by atoms with Crippen LogP contribution in [0.25, 0.3) is 0 Å². The predicted octanol–water partition coefficient (Wildman–Crippen LogP) is 2.82. The smallest absolute Gasteiger partial charge is 0.534 e. The van der Waals surface area contributed by atoms with Crippen LogP contribution in [0.4, 0.5) is 5.69 Å². The lowest BCUT2D eigenvalue weighted by atomic mass is 9.77. The minimum Gasteiger partial charge on any atom is -0.534 e. The summed E-state index contributed by atoms with van der Waals surface area (Å²) in [4.78, 5) is 14.8. The number of carbonyl (C=O) groups excluding carboxylic acids is 1. The van der Waals surface area contributed by atoms with Gasteiger partial charge in [-0.05, 0) is 63.7 Å². The molecule has 0 aromatic heterocycles. The number of hydrogen-bond donors (Lipinski definition) is 0. The summed E-state index contributed by atoms with van der Waals surface area (Å²) in [6, 6.07) is 4.25. The molecule has 0 unspecified atom stereocenters. The molecule has 0 saturated carbocycles. The fourth-order valence-electron chi connectivity index (χ4n) is 3.86. The van der Waals surface area contributed by atoms with E-state index in [-0.39, 0.29) is 5.97 Å². The van der Waals surface area contributed by atoms with Gasteiger partial charge in [0.2, 0.25) is 0 Å². The summed E-state index contributed by atoms with van der Waals surface area (Å²) in [5, 5.41) is 0. The molecule has 2 aliphatic rings. The number of esters is 1. The Balaban J connectivity index is 2.05. The van der Waals surface area contributed by atoms with Gasteiger partial charge < -0.3 is 23.7 Å². The Kier molecular flexibility index (Phi) is 6.05. The molecule has 6 nitrogen and oxygen atoms in total. The van der Waals surface area contributed by atoms with Crippen LogP contribution in [0.5, 0.6) is 0 Å². The van der Waals surface area contributed by atoms with E-state index in [9.17, 15) is 4.79 Å². The van der Waals surface area contributed by atoms with E-state index in [1.54, 1.807) is 0 Å². The van der Waals surface area contributed by atoms with Gasteiger partial charge in [-0.15, -0.1) is 0 Å². The lowest BCUT2D eigenvalue weighted by molar-refractivity contribution is 0.0600. The minimum atomic E-state index is -0.598. The molecule has 0 atom stereocenters. The van der Waals surface area contributed by atoms with Crippen molar-refractivity contribution in [2.45, 2.75) is 52.2 Å². The number of ether oxygens (including phenoxy) is 2. The van der Waals surface area contributed by atoms with Crippen LogP contribution < -0.4 is 10.4 Å². The normalized spacial score (nSPS) is 19.5. The highest BCUT2D eigenvalue weighted by Crippen LogP contribution is 2.32. The number of anilines is 1. The molecule has 0 aliphatic carbocycles. The number of rotatable bonds is 5. The molecular weight excluding hydrogens is 357 g/mol. The van der Waals surface area contributed by atoms with E-state index in [0.717, 1.165) is 49.3 Å². The van der Waals surface area contributed by atoms with Gasteiger partial charge in [-0.25, -0.2) is 4.79 Å². The quantitative estimate of drug-likeness (QED) is 0.572. The van der Waals surface area contributed by atoms with Crippen molar-refractivity contribution in [3.05, 3.63) is 35.6 Å². The number of benzene rings is 1. The molecule has 1 aromatic rings. The third-order valence-electron chi connectivity index (χ3n) is 5.68. The van der Waals surface area contributed by atoms with E-state index >= 15 is 0 Å². The Bertz CT molecular complexity index is 757. The van der Waals surface area contributed by atoms with Crippen molar-refractivity contribution in [1.82, 2.24) is 0 Å². The highest BCUT2D eigenvalue weighted by atomic mass is 16.7.